The molecule has 0 atom stereocenters. The number of hydrogen-bond acceptors (Lipinski definition) is 4. The molecule has 0 fully saturated rings. The maximum absolute atomic E-state index is 9.49. The summed E-state index contributed by atoms with van der Waals surface area (Å²) in [7, 11) is 3.68. The molecular weight excluding hydrogens is 228 g/mol. The van der Waals surface area contributed by atoms with Gasteiger partial charge >= 0.3 is 0 Å². The van der Waals surface area contributed by atoms with Gasteiger partial charge < -0.3 is 20.1 Å². The van der Waals surface area contributed by atoms with Crippen molar-refractivity contribution >= 4 is 0 Å². The Bertz CT molecular complexity index is 367. The lowest BCUT2D eigenvalue weighted by atomic mass is 10.2. The van der Waals surface area contributed by atoms with Gasteiger partial charge in [-0.3, -0.25) is 0 Å². The molecule has 1 rings (SSSR count). The van der Waals surface area contributed by atoms with Gasteiger partial charge in [0, 0.05) is 25.7 Å². The van der Waals surface area contributed by atoms with E-state index in [1.54, 1.807) is 13.2 Å². The third-order valence-electron chi connectivity index (χ3n) is 3.10. The van der Waals surface area contributed by atoms with Gasteiger partial charge in [0.25, 0.3) is 0 Å². The van der Waals surface area contributed by atoms with Crippen LogP contribution >= 0.6 is 0 Å². The minimum Gasteiger partial charge on any atom is -0.504 e. The van der Waals surface area contributed by atoms with Gasteiger partial charge in [0.1, 0.15) is 0 Å². The van der Waals surface area contributed by atoms with Crippen LogP contribution in [0.5, 0.6) is 11.5 Å². The molecule has 4 heteroatoms. The lowest BCUT2D eigenvalue weighted by Gasteiger charge is -2.21. The van der Waals surface area contributed by atoms with Crippen LogP contribution in [-0.2, 0) is 6.54 Å². The van der Waals surface area contributed by atoms with Gasteiger partial charge in [0.15, 0.2) is 11.5 Å². The third kappa shape index (κ3) is 4.55. The average Bonchev–Trinajstić information content (AvgIpc) is 2.35. The number of nitrogens with zero attached hydrogens (tertiary/aromatic N) is 1. The highest BCUT2D eigenvalue weighted by Gasteiger charge is 2.04. The molecule has 1 aromatic carbocycles. The quantitative estimate of drug-likeness (QED) is 0.727. The van der Waals surface area contributed by atoms with Gasteiger partial charge in [-0.05, 0) is 38.6 Å². The van der Waals surface area contributed by atoms with Crippen molar-refractivity contribution in [3.63, 3.8) is 0 Å². The molecule has 0 bridgehead atoms. The first kappa shape index (κ1) is 14.8. The van der Waals surface area contributed by atoms with Gasteiger partial charge in [-0.2, -0.15) is 0 Å². The highest BCUT2D eigenvalue weighted by atomic mass is 16.5. The lowest BCUT2D eigenvalue weighted by molar-refractivity contribution is 0.273. The zero-order valence-electron chi connectivity index (χ0n) is 11.7. The van der Waals surface area contributed by atoms with Crippen molar-refractivity contribution in [3.8, 4) is 11.5 Å². The number of nitrogens with one attached hydrogen (secondary N) is 1. The minimum atomic E-state index is 0.181. The Morgan fingerprint density at radius 3 is 2.72 bits per heavy atom. The topological polar surface area (TPSA) is 44.7 Å². The molecule has 1 aromatic rings. The molecule has 2 N–H and O–H groups in total. The number of phenols is 1. The van der Waals surface area contributed by atoms with Crippen LogP contribution in [-0.4, -0.2) is 43.3 Å². The number of hydrogen-bond donors (Lipinski definition) is 2. The minimum absolute atomic E-state index is 0.181. The number of benzene rings is 1. The van der Waals surface area contributed by atoms with Gasteiger partial charge in [-0.15, -0.1) is 0 Å². The van der Waals surface area contributed by atoms with Gasteiger partial charge in [-0.25, -0.2) is 0 Å². The maximum Gasteiger partial charge on any atom is 0.160 e. The number of methoxy groups -OCH3 is 1. The van der Waals surface area contributed by atoms with E-state index in [1.807, 2.05) is 12.1 Å². The largest absolute Gasteiger partial charge is 0.504 e. The normalized spacial score (nSPS) is 11.2. The molecular formula is C14H24N2O2. The summed E-state index contributed by atoms with van der Waals surface area (Å²) in [5.41, 5.74) is 1.11. The highest BCUT2D eigenvalue weighted by Crippen LogP contribution is 2.25. The van der Waals surface area contributed by atoms with E-state index in [-0.39, 0.29) is 5.75 Å². The summed E-state index contributed by atoms with van der Waals surface area (Å²) >= 11 is 0. The Hall–Kier alpha value is -1.26. The number of phenolic OH excluding ortho intramolecular Hbond substituents is 1. The maximum atomic E-state index is 9.49. The fourth-order valence-electron chi connectivity index (χ4n) is 1.58. The molecule has 0 amide bonds. The molecule has 0 aliphatic carbocycles. The van der Waals surface area contributed by atoms with Crippen molar-refractivity contribution in [2.24, 2.45) is 0 Å². The monoisotopic (exact) mass is 252 g/mol. The summed E-state index contributed by atoms with van der Waals surface area (Å²) in [5, 5.41) is 12.9. The first-order valence-electron chi connectivity index (χ1n) is 6.31. The molecule has 0 aromatic heterocycles. The molecule has 0 radical (unpaired) electrons. The summed E-state index contributed by atoms with van der Waals surface area (Å²) < 4.78 is 5.08. The number of rotatable bonds is 7. The molecule has 0 saturated carbocycles. The molecule has 4 nitrogen and oxygen atoms in total. The lowest BCUT2D eigenvalue weighted by Crippen LogP contribution is -2.33. The van der Waals surface area contributed by atoms with Crippen molar-refractivity contribution in [2.75, 3.05) is 27.2 Å². The van der Waals surface area contributed by atoms with E-state index in [2.05, 4.69) is 31.1 Å². The summed E-state index contributed by atoms with van der Waals surface area (Å²) in [6.07, 6.45) is 0. The zero-order chi connectivity index (χ0) is 13.5. The smallest absolute Gasteiger partial charge is 0.160 e. The van der Waals surface area contributed by atoms with E-state index in [0.29, 0.717) is 11.8 Å². The van der Waals surface area contributed by atoms with Gasteiger partial charge in [0.05, 0.1) is 7.11 Å². The molecule has 18 heavy (non-hydrogen) atoms. The summed E-state index contributed by atoms with van der Waals surface area (Å²) in [6, 6.07) is 5.99. The molecule has 0 aliphatic heterocycles. The van der Waals surface area contributed by atoms with Crippen LogP contribution in [0.25, 0.3) is 0 Å². The first-order chi connectivity index (χ1) is 8.54. The number of likely N-dealkylation sites (N-methyl/N-ethyl adjacent to an activating group) is 1. The van der Waals surface area contributed by atoms with Crippen molar-refractivity contribution in [2.45, 2.75) is 26.4 Å². The van der Waals surface area contributed by atoms with Gasteiger partial charge in [-0.1, -0.05) is 6.07 Å². The second-order valence-corrected chi connectivity index (χ2v) is 4.76. The second kappa shape index (κ2) is 7.24. The Morgan fingerprint density at radius 2 is 2.11 bits per heavy atom. The van der Waals surface area contributed by atoms with Crippen molar-refractivity contribution in [1.82, 2.24) is 10.2 Å². The highest BCUT2D eigenvalue weighted by molar-refractivity contribution is 5.41. The van der Waals surface area contributed by atoms with E-state index in [0.717, 1.165) is 25.2 Å². The Balaban J connectivity index is 2.35. The van der Waals surface area contributed by atoms with Crippen molar-refractivity contribution in [1.29, 1.82) is 0 Å². The SMILES string of the molecule is COc1cc(CNCCN(C)C(C)C)ccc1O. The molecule has 0 saturated heterocycles. The van der Waals surface area contributed by atoms with E-state index in [4.69, 9.17) is 4.74 Å². The van der Waals surface area contributed by atoms with E-state index in [9.17, 15) is 5.11 Å². The average molecular weight is 252 g/mol. The second-order valence-electron chi connectivity index (χ2n) is 4.76. The molecule has 0 aliphatic rings. The van der Waals surface area contributed by atoms with Crippen LogP contribution in [0.3, 0.4) is 0 Å². The Labute approximate surface area is 110 Å². The van der Waals surface area contributed by atoms with Crippen LogP contribution in [0.2, 0.25) is 0 Å². The fourth-order valence-corrected chi connectivity index (χ4v) is 1.58. The zero-order valence-corrected chi connectivity index (χ0v) is 11.7. The standard InChI is InChI=1S/C14H24N2O2/c1-11(2)16(3)8-7-15-10-12-5-6-13(17)14(9-12)18-4/h5-6,9,11,15,17H,7-8,10H2,1-4H3. The first-order valence-corrected chi connectivity index (χ1v) is 6.31. The predicted octanol–water partition coefficient (Wildman–Crippen LogP) is 1.83. The van der Waals surface area contributed by atoms with Crippen LogP contribution < -0.4 is 10.1 Å². The third-order valence-corrected chi connectivity index (χ3v) is 3.10. The summed E-state index contributed by atoms with van der Waals surface area (Å²) in [5.74, 6) is 0.703. The van der Waals surface area contributed by atoms with Crippen LogP contribution in [0.15, 0.2) is 18.2 Å². The summed E-state index contributed by atoms with van der Waals surface area (Å²) in [6.45, 7) is 7.11. The van der Waals surface area contributed by atoms with Crippen LogP contribution in [0.1, 0.15) is 19.4 Å². The van der Waals surface area contributed by atoms with Crippen molar-refractivity contribution < 1.29 is 9.84 Å². The van der Waals surface area contributed by atoms with Crippen LogP contribution in [0.4, 0.5) is 0 Å². The predicted molar refractivity (Wildman–Crippen MR) is 74.1 cm³/mol. The van der Waals surface area contributed by atoms with Crippen molar-refractivity contribution in [3.05, 3.63) is 23.8 Å². The summed E-state index contributed by atoms with van der Waals surface area (Å²) in [4.78, 5) is 2.30. The number of aromatic hydroxyl groups is 1. The molecule has 0 heterocycles. The van der Waals surface area contributed by atoms with E-state index in [1.165, 1.54) is 0 Å². The van der Waals surface area contributed by atoms with Crippen LogP contribution in [0, 0.1) is 0 Å². The fraction of sp³-hybridized carbons (Fsp3) is 0.571. The van der Waals surface area contributed by atoms with Gasteiger partial charge in [0.2, 0.25) is 0 Å². The Morgan fingerprint density at radius 1 is 1.39 bits per heavy atom. The van der Waals surface area contributed by atoms with E-state index >= 15 is 0 Å². The molecule has 0 unspecified atom stereocenters. The molecule has 102 valence electrons. The Kier molecular flexibility index (Phi) is 5.95. The molecule has 0 spiro atoms. The van der Waals surface area contributed by atoms with E-state index < -0.39 is 0 Å². The number of ether oxygens (including phenoxy) is 1.